The minimum Gasteiger partial charge on any atom is -0.329 e. The summed E-state index contributed by atoms with van der Waals surface area (Å²) in [4.78, 5) is 7.55. The second-order valence-electron chi connectivity index (χ2n) is 3.00. The normalized spacial score (nSPS) is 10.9. The van der Waals surface area contributed by atoms with Gasteiger partial charge in [-0.3, -0.25) is 0 Å². The van der Waals surface area contributed by atoms with Gasteiger partial charge < -0.3 is 9.55 Å². The van der Waals surface area contributed by atoms with Gasteiger partial charge in [0.15, 0.2) is 10.4 Å². The molecule has 3 nitrogen and oxygen atoms in total. The van der Waals surface area contributed by atoms with Crippen molar-refractivity contribution in [2.24, 2.45) is 0 Å². The largest absolute Gasteiger partial charge is 0.329 e. The van der Waals surface area contributed by atoms with Crippen LogP contribution in [0.15, 0.2) is 12.1 Å². The number of hydrogen-bond donors (Lipinski definition) is 1. The molecule has 0 amide bonds. The van der Waals surface area contributed by atoms with Crippen LogP contribution in [0.2, 0.25) is 0 Å². The molecule has 2 aromatic rings. The van der Waals surface area contributed by atoms with E-state index in [1.54, 1.807) is 0 Å². The van der Waals surface area contributed by atoms with Gasteiger partial charge in [-0.15, -0.1) is 0 Å². The first-order valence-electron chi connectivity index (χ1n) is 4.28. The monoisotopic (exact) mass is 193 g/mol. The molecule has 0 aromatic carbocycles. The van der Waals surface area contributed by atoms with Crippen LogP contribution in [0.1, 0.15) is 12.6 Å². The van der Waals surface area contributed by atoms with Gasteiger partial charge in [-0.1, -0.05) is 0 Å². The van der Waals surface area contributed by atoms with E-state index in [1.807, 2.05) is 23.6 Å². The van der Waals surface area contributed by atoms with Gasteiger partial charge in [0.05, 0.1) is 5.52 Å². The predicted octanol–water partition coefficient (Wildman–Crippen LogP) is 2.42. The molecule has 0 saturated carbocycles. The number of hydrogen-bond acceptors (Lipinski definition) is 2. The predicted molar refractivity (Wildman–Crippen MR) is 55.3 cm³/mol. The molecule has 2 heterocycles. The van der Waals surface area contributed by atoms with Crippen molar-refractivity contribution in [2.75, 3.05) is 0 Å². The van der Waals surface area contributed by atoms with E-state index in [0.29, 0.717) is 0 Å². The molecule has 1 N–H and O–H groups in total. The number of nitrogens with one attached hydrogen (secondary N) is 1. The van der Waals surface area contributed by atoms with Gasteiger partial charge in [-0.2, -0.15) is 0 Å². The number of nitrogens with zero attached hydrogens (tertiary/aromatic N) is 2. The lowest BCUT2D eigenvalue weighted by atomic mass is 10.3. The highest BCUT2D eigenvalue weighted by molar-refractivity contribution is 7.71. The lowest BCUT2D eigenvalue weighted by Gasteiger charge is -1.98. The molecule has 68 valence electrons. The molecule has 13 heavy (non-hydrogen) atoms. The van der Waals surface area contributed by atoms with Crippen molar-refractivity contribution in [3.8, 4) is 0 Å². The van der Waals surface area contributed by atoms with Crippen LogP contribution in [0, 0.1) is 11.7 Å². The number of aromatic nitrogens is 3. The summed E-state index contributed by atoms with van der Waals surface area (Å²) in [7, 11) is 0. The molecule has 2 aromatic heterocycles. The van der Waals surface area contributed by atoms with Gasteiger partial charge >= 0.3 is 0 Å². The van der Waals surface area contributed by atoms with Gasteiger partial charge in [0, 0.05) is 12.2 Å². The van der Waals surface area contributed by atoms with Crippen LogP contribution in [0.4, 0.5) is 0 Å². The lowest BCUT2D eigenvalue weighted by Crippen LogP contribution is -1.95. The summed E-state index contributed by atoms with van der Waals surface area (Å²) in [6.07, 6.45) is 0. The topological polar surface area (TPSA) is 33.6 Å². The van der Waals surface area contributed by atoms with Crippen molar-refractivity contribution >= 4 is 23.4 Å². The number of rotatable bonds is 1. The van der Waals surface area contributed by atoms with Gasteiger partial charge in [-0.05, 0) is 38.2 Å². The maximum Gasteiger partial charge on any atom is 0.179 e. The van der Waals surface area contributed by atoms with Crippen LogP contribution in [-0.2, 0) is 6.54 Å². The maximum atomic E-state index is 5.16. The number of aryl methyl sites for hydroxylation is 2. The van der Waals surface area contributed by atoms with Crippen LogP contribution in [-0.4, -0.2) is 14.5 Å². The zero-order valence-electron chi connectivity index (χ0n) is 7.66. The number of fused-ring (bicyclic) bond motifs is 1. The average molecular weight is 193 g/mol. The zero-order chi connectivity index (χ0) is 9.42. The molecule has 0 radical (unpaired) electrons. The van der Waals surface area contributed by atoms with Crippen molar-refractivity contribution in [3.63, 3.8) is 0 Å². The average Bonchev–Trinajstić information content (AvgIpc) is 2.40. The van der Waals surface area contributed by atoms with Crippen molar-refractivity contribution in [1.29, 1.82) is 0 Å². The molecule has 0 fully saturated rings. The Kier molecular flexibility index (Phi) is 1.92. The Hall–Kier alpha value is -1.16. The molecule has 0 spiro atoms. The third kappa shape index (κ3) is 1.27. The number of imidazole rings is 1. The number of H-pyrrole nitrogens is 1. The van der Waals surface area contributed by atoms with Gasteiger partial charge in [0.2, 0.25) is 0 Å². The minimum atomic E-state index is 0.746. The van der Waals surface area contributed by atoms with Crippen LogP contribution in [0.5, 0.6) is 0 Å². The van der Waals surface area contributed by atoms with E-state index in [0.717, 1.165) is 28.2 Å². The molecule has 4 heteroatoms. The van der Waals surface area contributed by atoms with E-state index in [2.05, 4.69) is 16.9 Å². The summed E-state index contributed by atoms with van der Waals surface area (Å²) < 4.78 is 2.74. The Morgan fingerprint density at radius 1 is 1.54 bits per heavy atom. The van der Waals surface area contributed by atoms with Crippen molar-refractivity contribution < 1.29 is 0 Å². The summed E-state index contributed by atoms with van der Waals surface area (Å²) >= 11 is 5.16. The Balaban J connectivity index is 2.89. The molecule has 0 aliphatic heterocycles. The van der Waals surface area contributed by atoms with Crippen molar-refractivity contribution in [3.05, 3.63) is 22.6 Å². The van der Waals surface area contributed by atoms with Crippen molar-refractivity contribution in [2.45, 2.75) is 20.4 Å². The Labute approximate surface area is 81.4 Å². The SMILES string of the molecule is CCn1c(=S)[nH]c2ccc(C)nc21. The van der Waals surface area contributed by atoms with Gasteiger partial charge in [0.25, 0.3) is 0 Å². The Morgan fingerprint density at radius 2 is 2.31 bits per heavy atom. The summed E-state index contributed by atoms with van der Waals surface area (Å²) in [5.74, 6) is 0. The summed E-state index contributed by atoms with van der Waals surface area (Å²) in [6.45, 7) is 4.90. The van der Waals surface area contributed by atoms with Crippen LogP contribution >= 0.6 is 12.2 Å². The maximum absolute atomic E-state index is 5.16. The summed E-state index contributed by atoms with van der Waals surface area (Å²) in [5.41, 5.74) is 2.98. The highest BCUT2D eigenvalue weighted by atomic mass is 32.1. The summed E-state index contributed by atoms with van der Waals surface area (Å²) in [5, 5.41) is 0. The highest BCUT2D eigenvalue weighted by Gasteiger charge is 2.02. The zero-order valence-corrected chi connectivity index (χ0v) is 8.48. The molecule has 0 unspecified atom stereocenters. The third-order valence-electron chi connectivity index (χ3n) is 2.07. The van der Waals surface area contributed by atoms with Crippen LogP contribution in [0.3, 0.4) is 0 Å². The highest BCUT2D eigenvalue weighted by Crippen LogP contribution is 2.11. The van der Waals surface area contributed by atoms with Crippen molar-refractivity contribution in [1.82, 2.24) is 14.5 Å². The molecular weight excluding hydrogens is 182 g/mol. The van der Waals surface area contributed by atoms with Gasteiger partial charge in [-0.25, -0.2) is 4.98 Å². The smallest absolute Gasteiger partial charge is 0.179 e. The fourth-order valence-corrected chi connectivity index (χ4v) is 1.74. The van der Waals surface area contributed by atoms with E-state index in [1.165, 1.54) is 0 Å². The first-order valence-corrected chi connectivity index (χ1v) is 4.69. The van der Waals surface area contributed by atoms with E-state index in [9.17, 15) is 0 Å². The fourth-order valence-electron chi connectivity index (χ4n) is 1.42. The standard InChI is InChI=1S/C9H11N3S/c1-3-12-8-7(11-9(12)13)5-4-6(2)10-8/h4-5H,3H2,1-2H3,(H,11,13). The second-order valence-corrected chi connectivity index (χ2v) is 3.38. The van der Waals surface area contributed by atoms with Gasteiger partial charge in [0.1, 0.15) is 0 Å². The first kappa shape index (κ1) is 8.44. The number of aromatic amines is 1. The number of pyridine rings is 1. The molecular formula is C9H11N3S. The molecule has 0 atom stereocenters. The Bertz CT molecular complexity index is 495. The molecule has 2 rings (SSSR count). The third-order valence-corrected chi connectivity index (χ3v) is 2.40. The quantitative estimate of drug-likeness (QED) is 0.706. The lowest BCUT2D eigenvalue weighted by molar-refractivity contribution is 0.765. The van der Waals surface area contributed by atoms with Crippen LogP contribution < -0.4 is 0 Å². The summed E-state index contributed by atoms with van der Waals surface area (Å²) in [6, 6.07) is 3.99. The first-order chi connectivity index (χ1) is 6.22. The molecule has 0 saturated heterocycles. The second kappa shape index (κ2) is 2.96. The van der Waals surface area contributed by atoms with E-state index in [4.69, 9.17) is 12.2 Å². The Morgan fingerprint density at radius 3 is 3.00 bits per heavy atom. The molecule has 0 aliphatic carbocycles. The van der Waals surface area contributed by atoms with E-state index in [-0.39, 0.29) is 0 Å². The minimum absolute atomic E-state index is 0.746. The molecule has 0 bridgehead atoms. The van der Waals surface area contributed by atoms with E-state index >= 15 is 0 Å². The van der Waals surface area contributed by atoms with Crippen LogP contribution in [0.25, 0.3) is 11.2 Å². The van der Waals surface area contributed by atoms with E-state index < -0.39 is 0 Å². The molecule has 0 aliphatic rings. The fraction of sp³-hybridized carbons (Fsp3) is 0.333.